The maximum atomic E-state index is 13.2. The number of carbonyl (C=O) groups excluding carboxylic acids is 1. The summed E-state index contributed by atoms with van der Waals surface area (Å²) in [7, 11) is 1.38. The number of esters is 1. The molecule has 1 aliphatic rings. The predicted molar refractivity (Wildman–Crippen MR) is 139 cm³/mol. The molecule has 0 bridgehead atoms. The quantitative estimate of drug-likeness (QED) is 0.354. The average molecular weight is 504 g/mol. The molecule has 1 atom stereocenters. The third kappa shape index (κ3) is 4.42. The molecule has 2 aromatic heterocycles. The Hall–Kier alpha value is -3.85. The number of aliphatic imine (C=N–C) groups is 1. The van der Waals surface area contributed by atoms with E-state index in [4.69, 9.17) is 9.73 Å². The molecule has 7 nitrogen and oxygen atoms in total. The molecule has 5 rings (SSSR count). The highest BCUT2D eigenvalue weighted by atomic mass is 32.1. The van der Waals surface area contributed by atoms with Gasteiger partial charge in [0.05, 0.1) is 19.2 Å². The van der Waals surface area contributed by atoms with Crippen molar-refractivity contribution in [1.82, 2.24) is 14.8 Å². The van der Waals surface area contributed by atoms with Gasteiger partial charge >= 0.3 is 5.97 Å². The number of hydrogen-bond acceptors (Lipinski definition) is 7. The molecule has 4 aromatic rings. The molecular weight excluding hydrogens is 477 g/mol. The van der Waals surface area contributed by atoms with Crippen molar-refractivity contribution in [3.8, 4) is 5.00 Å². The number of methoxy groups -OCH3 is 1. The minimum absolute atomic E-state index is 0.0718. The van der Waals surface area contributed by atoms with Crippen LogP contribution in [0.15, 0.2) is 53.5 Å². The minimum atomic E-state index is -0.524. The Morgan fingerprint density at radius 2 is 1.81 bits per heavy atom. The fourth-order valence-electron chi connectivity index (χ4n) is 4.32. The first-order chi connectivity index (χ1) is 17.4. The molecule has 0 saturated carbocycles. The number of carbonyl (C=O) groups is 1. The number of halogens is 1. The fourth-order valence-corrected chi connectivity index (χ4v) is 5.53. The van der Waals surface area contributed by atoms with Crippen LogP contribution in [-0.4, -0.2) is 33.6 Å². The highest BCUT2D eigenvalue weighted by Gasteiger charge is 2.32. The summed E-state index contributed by atoms with van der Waals surface area (Å²) in [5, 5.41) is 13.1. The van der Waals surface area contributed by atoms with Crippen LogP contribution in [0.25, 0.3) is 5.00 Å². The normalized spacial score (nSPS) is 14.5. The lowest BCUT2D eigenvalue weighted by Crippen LogP contribution is -2.12. The van der Waals surface area contributed by atoms with E-state index < -0.39 is 6.04 Å². The van der Waals surface area contributed by atoms with Gasteiger partial charge in [-0.2, -0.15) is 0 Å². The van der Waals surface area contributed by atoms with Crippen molar-refractivity contribution in [2.75, 3.05) is 12.4 Å². The first-order valence-corrected chi connectivity index (χ1v) is 12.4. The van der Waals surface area contributed by atoms with E-state index in [0.717, 1.165) is 44.5 Å². The lowest BCUT2D eigenvalue weighted by Gasteiger charge is -2.12. The Kier molecular flexibility index (Phi) is 6.40. The standard InChI is InChI=1S/C27H26FN5O2S/c1-15-16(2)36-27-24(15)25(30-22(13-23(34)35-4)26-32-31-17(3)33(26)27)19-7-11-21(12-8-19)29-14-18-5-9-20(28)10-6-18/h5-12,22,29H,13-14H2,1-4H3/t22-/m0/s1. The molecule has 1 N–H and O–H groups in total. The first kappa shape index (κ1) is 23.9. The molecule has 0 radical (unpaired) electrons. The van der Waals surface area contributed by atoms with Gasteiger partial charge in [0.25, 0.3) is 0 Å². The second-order valence-corrected chi connectivity index (χ2v) is 9.94. The van der Waals surface area contributed by atoms with Crippen LogP contribution in [0, 0.1) is 26.6 Å². The van der Waals surface area contributed by atoms with E-state index in [1.54, 1.807) is 23.5 Å². The smallest absolute Gasteiger partial charge is 0.308 e. The number of benzene rings is 2. The summed E-state index contributed by atoms with van der Waals surface area (Å²) in [5.41, 5.74) is 5.86. The van der Waals surface area contributed by atoms with Crippen LogP contribution in [0.5, 0.6) is 0 Å². The van der Waals surface area contributed by atoms with E-state index >= 15 is 0 Å². The van der Waals surface area contributed by atoms with Gasteiger partial charge < -0.3 is 10.1 Å². The molecule has 184 valence electrons. The van der Waals surface area contributed by atoms with Gasteiger partial charge in [-0.25, -0.2) is 4.39 Å². The summed E-state index contributed by atoms with van der Waals surface area (Å²) in [6.45, 7) is 6.69. The van der Waals surface area contributed by atoms with Crippen LogP contribution >= 0.6 is 11.3 Å². The molecule has 0 amide bonds. The highest BCUT2D eigenvalue weighted by Crippen LogP contribution is 2.39. The molecule has 0 unspecified atom stereocenters. The van der Waals surface area contributed by atoms with Crippen molar-refractivity contribution >= 4 is 28.7 Å². The number of aromatic nitrogens is 3. The molecular formula is C27H26FN5O2S. The van der Waals surface area contributed by atoms with Crippen LogP contribution in [0.1, 0.15) is 51.2 Å². The number of ether oxygens (including phenoxy) is 1. The van der Waals surface area contributed by atoms with E-state index in [2.05, 4.69) is 29.4 Å². The maximum absolute atomic E-state index is 13.2. The van der Waals surface area contributed by atoms with Crippen LogP contribution in [0.3, 0.4) is 0 Å². The summed E-state index contributed by atoms with van der Waals surface area (Å²) < 4.78 is 20.1. The number of nitrogens with one attached hydrogen (secondary N) is 1. The number of hydrogen-bond donors (Lipinski definition) is 1. The van der Waals surface area contributed by atoms with E-state index in [-0.39, 0.29) is 18.2 Å². The van der Waals surface area contributed by atoms with Crippen molar-refractivity contribution in [3.05, 3.63) is 93.1 Å². The van der Waals surface area contributed by atoms with Crippen molar-refractivity contribution in [2.24, 2.45) is 4.99 Å². The molecule has 9 heteroatoms. The van der Waals surface area contributed by atoms with Crippen molar-refractivity contribution < 1.29 is 13.9 Å². The van der Waals surface area contributed by atoms with Crippen LogP contribution in [0.2, 0.25) is 0 Å². The minimum Gasteiger partial charge on any atom is -0.469 e. The van der Waals surface area contributed by atoms with Gasteiger partial charge in [-0.15, -0.1) is 21.5 Å². The Morgan fingerprint density at radius 1 is 1.08 bits per heavy atom. The number of nitrogens with zero attached hydrogens (tertiary/aromatic N) is 4. The molecule has 1 aliphatic heterocycles. The van der Waals surface area contributed by atoms with Gasteiger partial charge in [0.2, 0.25) is 0 Å². The van der Waals surface area contributed by atoms with Crippen LogP contribution in [0.4, 0.5) is 10.1 Å². The summed E-state index contributed by atoms with van der Waals surface area (Å²) in [6, 6.07) is 14.0. The Labute approximate surface area is 212 Å². The van der Waals surface area contributed by atoms with Gasteiger partial charge in [0, 0.05) is 28.2 Å². The molecule has 0 fully saturated rings. The van der Waals surface area contributed by atoms with Crippen molar-refractivity contribution in [1.29, 1.82) is 0 Å². The second-order valence-electron chi connectivity index (χ2n) is 8.74. The SMILES string of the molecule is COC(=O)C[C@@H]1N=C(c2ccc(NCc3ccc(F)cc3)cc2)c2c(sc(C)c2C)-n2c(C)nnc21. The third-order valence-corrected chi connectivity index (χ3v) is 7.59. The zero-order valence-electron chi connectivity index (χ0n) is 20.5. The molecule has 36 heavy (non-hydrogen) atoms. The van der Waals surface area contributed by atoms with Crippen molar-refractivity contribution in [2.45, 2.75) is 39.8 Å². The molecule has 0 aliphatic carbocycles. The Balaban J connectivity index is 1.53. The number of anilines is 1. The summed E-state index contributed by atoms with van der Waals surface area (Å²) in [4.78, 5) is 18.5. The zero-order chi connectivity index (χ0) is 25.4. The van der Waals surface area contributed by atoms with Gasteiger partial charge in [-0.05, 0) is 56.2 Å². The van der Waals surface area contributed by atoms with E-state index in [9.17, 15) is 9.18 Å². The molecule has 2 aromatic carbocycles. The Morgan fingerprint density at radius 3 is 2.50 bits per heavy atom. The summed E-state index contributed by atoms with van der Waals surface area (Å²) >= 11 is 1.67. The number of thiophene rings is 1. The topological polar surface area (TPSA) is 81.4 Å². The summed E-state index contributed by atoms with van der Waals surface area (Å²) in [5.74, 6) is 0.782. The van der Waals surface area contributed by atoms with Gasteiger partial charge in [-0.1, -0.05) is 24.3 Å². The molecule has 0 saturated heterocycles. The first-order valence-electron chi connectivity index (χ1n) is 11.6. The maximum Gasteiger partial charge on any atom is 0.308 e. The number of rotatable bonds is 6. The molecule has 0 spiro atoms. The van der Waals surface area contributed by atoms with Crippen molar-refractivity contribution in [3.63, 3.8) is 0 Å². The predicted octanol–water partition coefficient (Wildman–Crippen LogP) is 5.46. The lowest BCUT2D eigenvalue weighted by atomic mass is 9.99. The van der Waals surface area contributed by atoms with E-state index in [1.807, 2.05) is 35.8 Å². The second kappa shape index (κ2) is 9.66. The lowest BCUT2D eigenvalue weighted by molar-refractivity contribution is -0.141. The number of fused-ring (bicyclic) bond motifs is 3. The third-order valence-electron chi connectivity index (χ3n) is 6.40. The van der Waals surface area contributed by atoms with E-state index in [1.165, 1.54) is 24.1 Å². The largest absolute Gasteiger partial charge is 0.469 e. The van der Waals surface area contributed by atoms with Crippen LogP contribution < -0.4 is 5.32 Å². The molecule has 3 heterocycles. The monoisotopic (exact) mass is 503 g/mol. The fraction of sp³-hybridized carbons (Fsp3) is 0.259. The highest BCUT2D eigenvalue weighted by molar-refractivity contribution is 7.15. The summed E-state index contributed by atoms with van der Waals surface area (Å²) in [6.07, 6.45) is 0.0718. The zero-order valence-corrected chi connectivity index (χ0v) is 21.3. The Bertz CT molecular complexity index is 1450. The van der Waals surface area contributed by atoms with Crippen LogP contribution in [-0.2, 0) is 16.1 Å². The van der Waals surface area contributed by atoms with Gasteiger partial charge in [0.1, 0.15) is 22.7 Å². The van der Waals surface area contributed by atoms with Gasteiger partial charge in [0.15, 0.2) is 5.82 Å². The van der Waals surface area contributed by atoms with Gasteiger partial charge in [-0.3, -0.25) is 14.4 Å². The van der Waals surface area contributed by atoms with E-state index in [0.29, 0.717) is 12.4 Å². The number of aryl methyl sites for hydroxylation is 2. The average Bonchev–Trinajstić information content (AvgIpc) is 3.36.